The number of non-ortho nitro benzene ring substituents is 1. The largest absolute Gasteiger partial charge is 0.331 e. The Balaban J connectivity index is 1.85. The first-order valence-corrected chi connectivity index (χ1v) is 7.58. The molecule has 1 aromatic heterocycles. The summed E-state index contributed by atoms with van der Waals surface area (Å²) in [6.45, 7) is 0.323. The van der Waals surface area contributed by atoms with Crippen molar-refractivity contribution in [3.8, 4) is 0 Å². The molecule has 2 aromatic rings. The monoisotopic (exact) mass is 331 g/mol. The number of hydrogen-bond acceptors (Lipinski definition) is 4. The molecule has 6 nitrogen and oxygen atoms in total. The van der Waals surface area contributed by atoms with Gasteiger partial charge >= 0.3 is 0 Å². The number of hydrogen-bond donors (Lipinski definition) is 0. The van der Waals surface area contributed by atoms with Crippen LogP contribution >= 0.6 is 11.6 Å². The molecular formula is C16H14ClN3O3. The number of halogens is 1. The van der Waals surface area contributed by atoms with Gasteiger partial charge in [0.2, 0.25) is 0 Å². The molecule has 3 rings (SSSR count). The average molecular weight is 332 g/mol. The fourth-order valence-electron chi connectivity index (χ4n) is 2.42. The molecule has 1 aliphatic rings. The van der Waals surface area contributed by atoms with Crippen LogP contribution in [0.15, 0.2) is 42.7 Å². The highest BCUT2D eigenvalue weighted by Crippen LogP contribution is 2.31. The van der Waals surface area contributed by atoms with E-state index in [-0.39, 0.29) is 17.6 Å². The number of carbonyl (C=O) groups excluding carboxylic acids is 1. The molecule has 7 heteroatoms. The quantitative estimate of drug-likeness (QED) is 0.621. The van der Waals surface area contributed by atoms with Crippen LogP contribution < -0.4 is 0 Å². The van der Waals surface area contributed by atoms with Crippen molar-refractivity contribution in [3.63, 3.8) is 0 Å². The van der Waals surface area contributed by atoms with Crippen LogP contribution in [0.3, 0.4) is 0 Å². The van der Waals surface area contributed by atoms with Crippen LogP contribution in [0.5, 0.6) is 0 Å². The van der Waals surface area contributed by atoms with Crippen LogP contribution in [-0.2, 0) is 6.54 Å². The van der Waals surface area contributed by atoms with Gasteiger partial charge in [-0.15, -0.1) is 0 Å². The fourth-order valence-corrected chi connectivity index (χ4v) is 2.62. The third kappa shape index (κ3) is 3.48. The van der Waals surface area contributed by atoms with Crippen molar-refractivity contribution >= 4 is 23.2 Å². The van der Waals surface area contributed by atoms with Crippen molar-refractivity contribution in [2.45, 2.75) is 25.4 Å². The molecular weight excluding hydrogens is 318 g/mol. The highest BCUT2D eigenvalue weighted by atomic mass is 35.5. The summed E-state index contributed by atoms with van der Waals surface area (Å²) in [6.07, 6.45) is 4.83. The van der Waals surface area contributed by atoms with E-state index < -0.39 is 4.92 Å². The molecule has 1 fully saturated rings. The zero-order valence-corrected chi connectivity index (χ0v) is 12.9. The Hall–Kier alpha value is -2.47. The molecule has 1 aromatic carbocycles. The van der Waals surface area contributed by atoms with Crippen molar-refractivity contribution in [1.82, 2.24) is 9.88 Å². The number of amides is 1. The van der Waals surface area contributed by atoms with Crippen LogP contribution in [0.25, 0.3) is 0 Å². The Labute approximate surface area is 137 Å². The predicted molar refractivity (Wildman–Crippen MR) is 85.2 cm³/mol. The Morgan fingerprint density at radius 3 is 2.83 bits per heavy atom. The summed E-state index contributed by atoms with van der Waals surface area (Å²) in [5.41, 5.74) is 1.15. The lowest BCUT2D eigenvalue weighted by atomic mass is 10.1. The third-order valence-corrected chi connectivity index (χ3v) is 4.03. The molecule has 1 heterocycles. The van der Waals surface area contributed by atoms with Crippen LogP contribution in [0.4, 0.5) is 5.69 Å². The van der Waals surface area contributed by atoms with E-state index in [9.17, 15) is 14.9 Å². The Morgan fingerprint density at radius 1 is 1.39 bits per heavy atom. The molecule has 0 atom stereocenters. The summed E-state index contributed by atoms with van der Waals surface area (Å²) in [6, 6.07) is 8.09. The van der Waals surface area contributed by atoms with Gasteiger partial charge in [-0.1, -0.05) is 23.7 Å². The molecule has 0 unspecified atom stereocenters. The zero-order valence-electron chi connectivity index (χ0n) is 12.2. The number of aromatic nitrogens is 1. The first kappa shape index (κ1) is 15.4. The maximum atomic E-state index is 12.8. The van der Waals surface area contributed by atoms with Gasteiger partial charge in [0.1, 0.15) is 0 Å². The molecule has 1 amide bonds. The fraction of sp³-hybridized carbons (Fsp3) is 0.250. The van der Waals surface area contributed by atoms with Gasteiger partial charge in [0, 0.05) is 37.1 Å². The second kappa shape index (κ2) is 6.34. The number of benzene rings is 1. The minimum absolute atomic E-state index is 0.0210. The smallest absolute Gasteiger partial charge is 0.269 e. The van der Waals surface area contributed by atoms with E-state index in [0.29, 0.717) is 17.1 Å². The second-order valence-electron chi connectivity index (χ2n) is 5.45. The molecule has 0 N–H and O–H groups in total. The number of pyridine rings is 1. The van der Waals surface area contributed by atoms with Crippen LogP contribution in [0, 0.1) is 10.1 Å². The topological polar surface area (TPSA) is 76.3 Å². The first-order valence-electron chi connectivity index (χ1n) is 7.20. The van der Waals surface area contributed by atoms with E-state index in [1.165, 1.54) is 24.5 Å². The predicted octanol–water partition coefficient (Wildman–Crippen LogP) is 3.45. The van der Waals surface area contributed by atoms with Gasteiger partial charge in [0.05, 0.1) is 15.5 Å². The Bertz CT molecular complexity index is 762. The first-order chi connectivity index (χ1) is 11.1. The summed E-state index contributed by atoms with van der Waals surface area (Å²) in [7, 11) is 0. The summed E-state index contributed by atoms with van der Waals surface area (Å²) in [4.78, 5) is 28.8. The number of nitrogens with zero attached hydrogens (tertiary/aromatic N) is 3. The van der Waals surface area contributed by atoms with E-state index in [1.54, 1.807) is 23.1 Å². The maximum Gasteiger partial charge on any atom is 0.269 e. The molecule has 0 aliphatic heterocycles. The summed E-state index contributed by atoms with van der Waals surface area (Å²) in [5, 5.41) is 11.2. The molecule has 0 bridgehead atoms. The van der Waals surface area contributed by atoms with E-state index >= 15 is 0 Å². The number of nitro benzene ring substituents is 1. The SMILES string of the molecule is O=C(c1ccncc1Cl)N(Cc1cccc([N+](=O)[O-])c1)C1CC1. The lowest BCUT2D eigenvalue weighted by molar-refractivity contribution is -0.384. The molecule has 0 radical (unpaired) electrons. The second-order valence-corrected chi connectivity index (χ2v) is 5.85. The van der Waals surface area contributed by atoms with Crippen molar-refractivity contribution in [2.75, 3.05) is 0 Å². The summed E-state index contributed by atoms with van der Waals surface area (Å²) >= 11 is 6.06. The molecule has 0 spiro atoms. The minimum Gasteiger partial charge on any atom is -0.331 e. The van der Waals surface area contributed by atoms with Crippen LogP contribution in [0.2, 0.25) is 5.02 Å². The normalized spacial score (nSPS) is 13.6. The zero-order chi connectivity index (χ0) is 16.4. The summed E-state index contributed by atoms with van der Waals surface area (Å²) in [5.74, 6) is -0.175. The Morgan fingerprint density at radius 2 is 2.17 bits per heavy atom. The lowest BCUT2D eigenvalue weighted by Crippen LogP contribution is -2.32. The number of nitro groups is 1. The third-order valence-electron chi connectivity index (χ3n) is 3.73. The maximum absolute atomic E-state index is 12.8. The van der Waals surface area contributed by atoms with Gasteiger partial charge in [-0.25, -0.2) is 0 Å². The molecule has 1 aliphatic carbocycles. The van der Waals surface area contributed by atoms with Crippen LogP contribution in [0.1, 0.15) is 28.8 Å². The number of carbonyl (C=O) groups is 1. The van der Waals surface area contributed by atoms with E-state index in [0.717, 1.165) is 18.4 Å². The lowest BCUT2D eigenvalue weighted by Gasteiger charge is -2.23. The molecule has 1 saturated carbocycles. The van der Waals surface area contributed by atoms with Crippen molar-refractivity contribution in [3.05, 3.63) is 69.0 Å². The van der Waals surface area contributed by atoms with Crippen molar-refractivity contribution in [2.24, 2.45) is 0 Å². The van der Waals surface area contributed by atoms with Gasteiger partial charge in [0.25, 0.3) is 11.6 Å². The van der Waals surface area contributed by atoms with Crippen molar-refractivity contribution in [1.29, 1.82) is 0 Å². The van der Waals surface area contributed by atoms with Gasteiger partial charge in [0.15, 0.2) is 0 Å². The van der Waals surface area contributed by atoms with Gasteiger partial charge in [-0.3, -0.25) is 19.9 Å². The Kier molecular flexibility index (Phi) is 4.25. The number of rotatable bonds is 5. The van der Waals surface area contributed by atoms with Gasteiger partial charge < -0.3 is 4.90 Å². The minimum atomic E-state index is -0.438. The highest BCUT2D eigenvalue weighted by molar-refractivity contribution is 6.33. The van der Waals surface area contributed by atoms with Crippen LogP contribution in [-0.4, -0.2) is 26.8 Å². The summed E-state index contributed by atoms with van der Waals surface area (Å²) < 4.78 is 0. The van der Waals surface area contributed by atoms with Gasteiger partial charge in [-0.05, 0) is 24.5 Å². The molecule has 118 valence electrons. The van der Waals surface area contributed by atoms with E-state index in [4.69, 9.17) is 11.6 Å². The van der Waals surface area contributed by atoms with E-state index in [2.05, 4.69) is 4.98 Å². The van der Waals surface area contributed by atoms with Gasteiger partial charge in [-0.2, -0.15) is 0 Å². The molecule has 0 saturated heterocycles. The van der Waals surface area contributed by atoms with Crippen molar-refractivity contribution < 1.29 is 9.72 Å². The standard InChI is InChI=1S/C16H14ClN3O3/c17-15-9-18-7-6-14(15)16(21)19(12-4-5-12)10-11-2-1-3-13(8-11)20(22)23/h1-3,6-9,12H,4-5,10H2. The van der Waals surface area contributed by atoms with E-state index in [1.807, 2.05) is 0 Å². The highest BCUT2D eigenvalue weighted by Gasteiger charge is 2.34. The molecule has 23 heavy (non-hydrogen) atoms. The average Bonchev–Trinajstić information content (AvgIpc) is 3.37.